The molecule has 0 N–H and O–H groups in total. The number of rotatable bonds is 3. The van der Waals surface area contributed by atoms with Crippen LogP contribution in [0.1, 0.15) is 26.2 Å². The number of imide groups is 2. The summed E-state index contributed by atoms with van der Waals surface area (Å²) in [5, 5.41) is 0. The lowest BCUT2D eigenvalue weighted by atomic mass is 9.86. The van der Waals surface area contributed by atoms with Crippen LogP contribution < -0.4 is 0 Å². The van der Waals surface area contributed by atoms with Crippen LogP contribution in [0.15, 0.2) is 23.3 Å². The third-order valence-electron chi connectivity index (χ3n) is 3.60. The van der Waals surface area contributed by atoms with E-state index in [0.29, 0.717) is 17.6 Å². The Labute approximate surface area is 129 Å². The topological polar surface area (TPSA) is 74.8 Å². The van der Waals surface area contributed by atoms with E-state index in [1.54, 1.807) is 0 Å². The Morgan fingerprint density at radius 1 is 0.952 bits per heavy atom. The van der Waals surface area contributed by atoms with Gasteiger partial charge in [-0.3, -0.25) is 19.2 Å². The highest BCUT2D eigenvalue weighted by Gasteiger charge is 2.45. The molecule has 0 spiro atoms. The first-order valence-electron chi connectivity index (χ1n) is 6.59. The summed E-state index contributed by atoms with van der Waals surface area (Å²) >= 11 is 0. The molecule has 4 bridgehead atoms. The monoisotopic (exact) mass is 324 g/mol. The lowest BCUT2D eigenvalue weighted by molar-refractivity contribution is -0.132. The second-order valence-corrected chi connectivity index (χ2v) is 6.84. The number of unbranched alkanes of at least 4 members (excludes halogenated alkanes) is 1. The summed E-state index contributed by atoms with van der Waals surface area (Å²) < 4.78 is 2.00. The highest BCUT2D eigenvalue weighted by Crippen LogP contribution is 2.44. The number of fused-ring (bicyclic) bond motifs is 4. The van der Waals surface area contributed by atoms with Crippen LogP contribution in [0, 0.1) is 5.92 Å². The number of hydrogen-bond donors (Lipinski definition) is 0. The Morgan fingerprint density at radius 2 is 1.43 bits per heavy atom. The van der Waals surface area contributed by atoms with Crippen molar-refractivity contribution in [2.24, 2.45) is 5.92 Å². The van der Waals surface area contributed by atoms with Crippen LogP contribution in [0.2, 0.25) is 0 Å². The summed E-state index contributed by atoms with van der Waals surface area (Å²) in [6, 6.07) is 0. The molecule has 110 valence electrons. The molecule has 0 aromatic carbocycles. The largest absolute Gasteiger partial charge is 0.268 e. The fraction of sp³-hybridized carbons (Fsp3) is 0.385. The number of nitrogens with zero attached hydrogens (tertiary/aromatic N) is 2. The number of hydrogen-bond acceptors (Lipinski definition) is 6. The van der Waals surface area contributed by atoms with E-state index >= 15 is 0 Å². The van der Waals surface area contributed by atoms with Crippen LogP contribution in [0.25, 0.3) is 0 Å². The molecule has 21 heavy (non-hydrogen) atoms. The van der Waals surface area contributed by atoms with Gasteiger partial charge in [0, 0.05) is 29.2 Å². The standard InChI is InChI=1S/C13H12N2O4S2/c1-2-3-4-7-8-5-10(16)14(12(8)18)20-21-15-11(17)6-9(7)13(15)19/h5-7H,2-4H2,1H3. The Hall–Kier alpha value is -1.54. The van der Waals surface area contributed by atoms with Crippen LogP contribution in [0.5, 0.6) is 0 Å². The second-order valence-electron chi connectivity index (χ2n) is 4.92. The molecule has 0 radical (unpaired) electrons. The molecule has 1 fully saturated rings. The minimum atomic E-state index is -0.479. The van der Waals surface area contributed by atoms with Gasteiger partial charge in [-0.1, -0.05) is 19.8 Å². The van der Waals surface area contributed by atoms with E-state index in [4.69, 9.17) is 0 Å². The van der Waals surface area contributed by atoms with Crippen LogP contribution >= 0.6 is 22.0 Å². The number of carbonyl (C=O) groups is 4. The molecule has 6 nitrogen and oxygen atoms in total. The number of amides is 4. The second kappa shape index (κ2) is 5.34. The van der Waals surface area contributed by atoms with Crippen LogP contribution in [0.4, 0.5) is 0 Å². The molecule has 0 unspecified atom stereocenters. The average molecular weight is 324 g/mol. The van der Waals surface area contributed by atoms with Crippen LogP contribution in [-0.2, 0) is 19.2 Å². The predicted molar refractivity (Wildman–Crippen MR) is 78.1 cm³/mol. The summed E-state index contributed by atoms with van der Waals surface area (Å²) in [6.45, 7) is 2.01. The van der Waals surface area contributed by atoms with E-state index in [1.165, 1.54) is 12.2 Å². The van der Waals surface area contributed by atoms with Crippen LogP contribution in [-0.4, -0.2) is 32.2 Å². The molecule has 3 aliphatic heterocycles. The van der Waals surface area contributed by atoms with Gasteiger partial charge in [0.05, 0.1) is 22.0 Å². The van der Waals surface area contributed by atoms with Gasteiger partial charge in [0.2, 0.25) is 0 Å². The molecule has 0 aromatic rings. The van der Waals surface area contributed by atoms with E-state index in [0.717, 1.165) is 43.4 Å². The van der Waals surface area contributed by atoms with E-state index in [1.807, 2.05) is 6.92 Å². The van der Waals surface area contributed by atoms with Crippen molar-refractivity contribution < 1.29 is 19.2 Å². The van der Waals surface area contributed by atoms with Crippen molar-refractivity contribution in [3.63, 3.8) is 0 Å². The van der Waals surface area contributed by atoms with Crippen molar-refractivity contribution in [1.82, 2.24) is 8.61 Å². The maximum atomic E-state index is 12.3. The Morgan fingerprint density at radius 3 is 1.86 bits per heavy atom. The molecule has 4 amide bonds. The highest BCUT2D eigenvalue weighted by atomic mass is 33.1. The molecule has 3 aliphatic rings. The van der Waals surface area contributed by atoms with Gasteiger partial charge >= 0.3 is 0 Å². The maximum Gasteiger partial charge on any atom is 0.268 e. The Balaban J connectivity index is 2.06. The normalized spacial score (nSPS) is 22.3. The van der Waals surface area contributed by atoms with Crippen molar-refractivity contribution in [1.29, 1.82) is 0 Å². The first-order chi connectivity index (χ1) is 10.0. The summed E-state index contributed by atoms with van der Waals surface area (Å²) in [7, 11) is 1.62. The van der Waals surface area contributed by atoms with Gasteiger partial charge in [-0.15, -0.1) is 0 Å². The fourth-order valence-electron chi connectivity index (χ4n) is 2.54. The zero-order valence-corrected chi connectivity index (χ0v) is 12.8. The predicted octanol–water partition coefficient (Wildman–Crippen LogP) is 1.61. The SMILES string of the molecule is CCCCC1C2=CC(=O)N(SSN3C(=O)C=C1C3=O)C2=O. The smallest absolute Gasteiger partial charge is 0.268 e. The molecular weight excluding hydrogens is 312 g/mol. The van der Waals surface area contributed by atoms with Crippen molar-refractivity contribution in [3.05, 3.63) is 23.3 Å². The summed E-state index contributed by atoms with van der Waals surface area (Å²) in [6.07, 6.45) is 4.87. The van der Waals surface area contributed by atoms with E-state index < -0.39 is 17.7 Å². The van der Waals surface area contributed by atoms with Gasteiger partial charge in [-0.05, 0) is 6.42 Å². The highest BCUT2D eigenvalue weighted by molar-refractivity contribution is 8.75. The summed E-state index contributed by atoms with van der Waals surface area (Å²) in [4.78, 5) is 48.4. The molecule has 3 rings (SSSR count). The zero-order valence-electron chi connectivity index (χ0n) is 11.2. The first-order valence-corrected chi connectivity index (χ1v) is 8.65. The number of carbonyl (C=O) groups excluding carboxylic acids is 4. The van der Waals surface area contributed by atoms with Crippen LogP contribution in [0.3, 0.4) is 0 Å². The lowest BCUT2D eigenvalue weighted by Crippen LogP contribution is -2.25. The molecule has 0 aliphatic carbocycles. The molecular formula is C13H12N2O4S2. The van der Waals surface area contributed by atoms with E-state index in [-0.39, 0.29) is 11.8 Å². The van der Waals surface area contributed by atoms with Gasteiger partial charge in [-0.2, -0.15) is 0 Å². The zero-order chi connectivity index (χ0) is 15.1. The first kappa shape index (κ1) is 14.4. The maximum absolute atomic E-state index is 12.3. The molecule has 0 atom stereocenters. The van der Waals surface area contributed by atoms with Gasteiger partial charge in [0.25, 0.3) is 23.6 Å². The molecule has 3 heterocycles. The van der Waals surface area contributed by atoms with Crippen molar-refractivity contribution in [3.8, 4) is 0 Å². The average Bonchev–Trinajstić information content (AvgIpc) is 2.88. The minimum absolute atomic E-state index is 0.317. The van der Waals surface area contributed by atoms with Gasteiger partial charge in [0.1, 0.15) is 0 Å². The molecule has 0 aromatic heterocycles. The van der Waals surface area contributed by atoms with Gasteiger partial charge < -0.3 is 0 Å². The third-order valence-corrected chi connectivity index (χ3v) is 5.75. The van der Waals surface area contributed by atoms with Crippen molar-refractivity contribution in [2.75, 3.05) is 0 Å². The quantitative estimate of drug-likeness (QED) is 0.446. The van der Waals surface area contributed by atoms with Crippen molar-refractivity contribution >= 4 is 45.6 Å². The summed E-state index contributed by atoms with van der Waals surface area (Å²) in [5.41, 5.74) is 0.635. The fourth-order valence-corrected chi connectivity index (χ4v) is 4.51. The van der Waals surface area contributed by atoms with Gasteiger partial charge in [-0.25, -0.2) is 8.61 Å². The summed E-state index contributed by atoms with van der Waals surface area (Å²) in [5.74, 6) is -2.05. The molecule has 0 saturated carbocycles. The Kier molecular flexibility index (Phi) is 3.66. The molecule has 8 heteroatoms. The van der Waals surface area contributed by atoms with Crippen molar-refractivity contribution in [2.45, 2.75) is 26.2 Å². The molecule has 1 saturated heterocycles. The lowest BCUT2D eigenvalue weighted by Gasteiger charge is -2.17. The third kappa shape index (κ3) is 2.22. The van der Waals surface area contributed by atoms with E-state index in [2.05, 4.69) is 0 Å². The minimum Gasteiger partial charge on any atom is -0.268 e. The van der Waals surface area contributed by atoms with Gasteiger partial charge in [0.15, 0.2) is 0 Å². The Bertz CT molecular complexity index is 576. The van der Waals surface area contributed by atoms with E-state index in [9.17, 15) is 19.2 Å².